The maximum absolute atomic E-state index is 12.3. The molecule has 8 heteroatoms. The van der Waals surface area contributed by atoms with E-state index in [4.69, 9.17) is 4.74 Å². The number of ether oxygens (including phenoxy) is 1. The zero-order chi connectivity index (χ0) is 16.4. The number of carboxylic acids is 1. The van der Waals surface area contributed by atoms with Crippen molar-refractivity contribution in [2.75, 3.05) is 39.4 Å². The van der Waals surface area contributed by atoms with E-state index in [1.165, 1.54) is 0 Å². The molecule has 23 heavy (non-hydrogen) atoms. The third-order valence-electron chi connectivity index (χ3n) is 4.58. The smallest absolute Gasteiger partial charge is 0.309 e. The molecular weight excluding hydrogens is 300 g/mol. The van der Waals surface area contributed by atoms with Gasteiger partial charge in [0.15, 0.2) is 0 Å². The van der Waals surface area contributed by atoms with Crippen LogP contribution in [0.5, 0.6) is 0 Å². The van der Waals surface area contributed by atoms with Gasteiger partial charge in [-0.3, -0.25) is 19.2 Å². The summed E-state index contributed by atoms with van der Waals surface area (Å²) in [5.41, 5.74) is 0.785. The number of nitrogens with zero attached hydrogens (tertiary/aromatic N) is 4. The van der Waals surface area contributed by atoms with Crippen LogP contribution in [0, 0.1) is 5.92 Å². The van der Waals surface area contributed by atoms with E-state index in [0.717, 1.165) is 25.2 Å². The Labute approximate surface area is 134 Å². The molecule has 0 bridgehead atoms. The minimum Gasteiger partial charge on any atom is -0.481 e. The second kappa shape index (κ2) is 6.67. The molecule has 0 aliphatic carbocycles. The van der Waals surface area contributed by atoms with Crippen molar-refractivity contribution in [3.8, 4) is 0 Å². The Morgan fingerprint density at radius 3 is 2.74 bits per heavy atom. The molecule has 0 radical (unpaired) electrons. The van der Waals surface area contributed by atoms with Gasteiger partial charge < -0.3 is 14.7 Å². The predicted octanol–water partition coefficient (Wildman–Crippen LogP) is -0.273. The van der Waals surface area contributed by atoms with E-state index in [2.05, 4.69) is 10.00 Å². The van der Waals surface area contributed by atoms with E-state index in [1.54, 1.807) is 29.0 Å². The zero-order valence-corrected chi connectivity index (χ0v) is 13.2. The fourth-order valence-electron chi connectivity index (χ4n) is 3.35. The maximum atomic E-state index is 12.3. The van der Waals surface area contributed by atoms with Crippen molar-refractivity contribution in [3.05, 3.63) is 18.0 Å². The summed E-state index contributed by atoms with van der Waals surface area (Å²) in [7, 11) is 1.79. The average molecular weight is 322 g/mol. The minimum atomic E-state index is -0.930. The molecule has 8 nitrogen and oxygen atoms in total. The van der Waals surface area contributed by atoms with Crippen LogP contribution in [0.25, 0.3) is 0 Å². The number of carbonyl (C=O) groups excluding carboxylic acids is 1. The first kappa shape index (κ1) is 15.9. The molecule has 2 aliphatic rings. The Bertz CT molecular complexity index is 582. The highest BCUT2D eigenvalue weighted by atomic mass is 16.5. The number of aryl methyl sites for hydroxylation is 1. The van der Waals surface area contributed by atoms with Crippen LogP contribution in [-0.4, -0.2) is 76.0 Å². The van der Waals surface area contributed by atoms with Gasteiger partial charge in [-0.2, -0.15) is 5.10 Å². The monoisotopic (exact) mass is 322 g/mol. The van der Waals surface area contributed by atoms with E-state index in [0.29, 0.717) is 19.8 Å². The molecule has 1 N–H and O–H groups in total. The van der Waals surface area contributed by atoms with Crippen molar-refractivity contribution in [1.29, 1.82) is 0 Å². The number of hydrogen-bond donors (Lipinski definition) is 1. The summed E-state index contributed by atoms with van der Waals surface area (Å²) in [4.78, 5) is 27.8. The Morgan fingerprint density at radius 2 is 2.13 bits per heavy atom. The third kappa shape index (κ3) is 3.37. The molecule has 0 spiro atoms. The van der Waals surface area contributed by atoms with Crippen LogP contribution in [0.2, 0.25) is 0 Å². The molecule has 2 fully saturated rings. The second-order valence-electron chi connectivity index (χ2n) is 6.08. The number of carboxylic acid groups (broad SMARTS) is 1. The maximum Gasteiger partial charge on any atom is 0.309 e. The van der Waals surface area contributed by atoms with Crippen LogP contribution in [0.15, 0.2) is 12.4 Å². The van der Waals surface area contributed by atoms with E-state index >= 15 is 0 Å². The Morgan fingerprint density at radius 1 is 1.39 bits per heavy atom. The van der Waals surface area contributed by atoms with Crippen LogP contribution in [0.3, 0.4) is 0 Å². The Hall–Kier alpha value is -1.93. The van der Waals surface area contributed by atoms with Gasteiger partial charge in [0.25, 0.3) is 0 Å². The SMILES string of the molecule is Cn1cc([C@H]2[C@H](C(=O)O)CC(=O)N2CCN2CCOCC2)cn1. The topological polar surface area (TPSA) is 87.9 Å². The first-order chi connectivity index (χ1) is 11.1. The van der Waals surface area contributed by atoms with Crippen molar-refractivity contribution in [1.82, 2.24) is 19.6 Å². The number of rotatable bonds is 5. The van der Waals surface area contributed by atoms with E-state index < -0.39 is 17.9 Å². The van der Waals surface area contributed by atoms with Crippen LogP contribution in [0.1, 0.15) is 18.0 Å². The lowest BCUT2D eigenvalue weighted by Crippen LogP contribution is -2.42. The normalized spacial score (nSPS) is 26.0. The number of carbonyl (C=O) groups is 2. The summed E-state index contributed by atoms with van der Waals surface area (Å²) in [6.45, 7) is 4.37. The molecule has 3 heterocycles. The number of aliphatic carboxylic acids is 1. The second-order valence-corrected chi connectivity index (χ2v) is 6.08. The summed E-state index contributed by atoms with van der Waals surface area (Å²) in [6.07, 6.45) is 3.50. The number of hydrogen-bond acceptors (Lipinski definition) is 5. The average Bonchev–Trinajstić information content (AvgIpc) is 3.09. The van der Waals surface area contributed by atoms with Gasteiger partial charge in [0.2, 0.25) is 5.91 Å². The molecule has 0 unspecified atom stereocenters. The van der Waals surface area contributed by atoms with Crippen molar-refractivity contribution in [2.45, 2.75) is 12.5 Å². The highest BCUT2D eigenvalue weighted by Crippen LogP contribution is 2.37. The highest BCUT2D eigenvalue weighted by molar-refractivity contribution is 5.87. The van der Waals surface area contributed by atoms with Crippen LogP contribution in [-0.2, 0) is 21.4 Å². The fourth-order valence-corrected chi connectivity index (χ4v) is 3.35. The molecule has 2 atom stereocenters. The van der Waals surface area contributed by atoms with Crippen LogP contribution < -0.4 is 0 Å². The zero-order valence-electron chi connectivity index (χ0n) is 13.2. The standard InChI is InChI=1S/C15H22N4O4/c1-17-10-11(9-16-17)14-12(15(21)22)8-13(20)19(14)3-2-18-4-6-23-7-5-18/h9-10,12,14H,2-8H2,1H3,(H,21,22)/t12-,14+/m1/s1. The summed E-state index contributed by atoms with van der Waals surface area (Å²) in [5, 5.41) is 13.6. The van der Waals surface area contributed by atoms with Gasteiger partial charge in [-0.05, 0) is 0 Å². The van der Waals surface area contributed by atoms with Crippen molar-refractivity contribution in [3.63, 3.8) is 0 Å². The minimum absolute atomic E-state index is 0.0536. The van der Waals surface area contributed by atoms with Gasteiger partial charge in [0.05, 0.1) is 31.4 Å². The molecule has 1 aromatic heterocycles. The van der Waals surface area contributed by atoms with Gasteiger partial charge in [0, 0.05) is 51.4 Å². The Kier molecular flexibility index (Phi) is 4.63. The predicted molar refractivity (Wildman–Crippen MR) is 80.7 cm³/mol. The van der Waals surface area contributed by atoms with Gasteiger partial charge >= 0.3 is 5.97 Å². The van der Waals surface area contributed by atoms with Gasteiger partial charge in [0.1, 0.15) is 0 Å². The number of aromatic nitrogens is 2. The van der Waals surface area contributed by atoms with Gasteiger partial charge in [-0.15, -0.1) is 0 Å². The summed E-state index contributed by atoms with van der Waals surface area (Å²) >= 11 is 0. The van der Waals surface area contributed by atoms with E-state index in [9.17, 15) is 14.7 Å². The molecule has 0 aromatic carbocycles. The first-order valence-corrected chi connectivity index (χ1v) is 7.87. The largest absolute Gasteiger partial charge is 0.481 e. The van der Waals surface area contributed by atoms with Gasteiger partial charge in [-0.1, -0.05) is 0 Å². The highest BCUT2D eigenvalue weighted by Gasteiger charge is 2.45. The summed E-state index contributed by atoms with van der Waals surface area (Å²) in [5.74, 6) is -1.74. The quantitative estimate of drug-likeness (QED) is 0.803. The van der Waals surface area contributed by atoms with Crippen molar-refractivity contribution < 1.29 is 19.4 Å². The lowest BCUT2D eigenvalue weighted by atomic mass is 9.96. The molecular formula is C15H22N4O4. The molecule has 1 amide bonds. The molecule has 3 rings (SSSR count). The Balaban J connectivity index is 1.75. The summed E-state index contributed by atoms with van der Waals surface area (Å²) in [6, 6.07) is -0.435. The molecule has 126 valence electrons. The van der Waals surface area contributed by atoms with Crippen LogP contribution in [0.4, 0.5) is 0 Å². The molecule has 2 aliphatic heterocycles. The molecule has 1 aromatic rings. The third-order valence-corrected chi connectivity index (χ3v) is 4.58. The lowest BCUT2D eigenvalue weighted by Gasteiger charge is -2.31. The lowest BCUT2D eigenvalue weighted by molar-refractivity contribution is -0.142. The number of amides is 1. The number of morpholine rings is 1. The van der Waals surface area contributed by atoms with E-state index in [-0.39, 0.29) is 12.3 Å². The summed E-state index contributed by atoms with van der Waals surface area (Å²) < 4.78 is 6.96. The fraction of sp³-hybridized carbons (Fsp3) is 0.667. The number of likely N-dealkylation sites (tertiary alicyclic amines) is 1. The van der Waals surface area contributed by atoms with Crippen molar-refractivity contribution in [2.24, 2.45) is 13.0 Å². The van der Waals surface area contributed by atoms with Crippen LogP contribution >= 0.6 is 0 Å². The van der Waals surface area contributed by atoms with Crippen molar-refractivity contribution >= 4 is 11.9 Å². The van der Waals surface area contributed by atoms with Gasteiger partial charge in [-0.25, -0.2) is 0 Å². The first-order valence-electron chi connectivity index (χ1n) is 7.87. The molecule has 2 saturated heterocycles. The van der Waals surface area contributed by atoms with E-state index in [1.807, 2.05) is 0 Å². The molecule has 0 saturated carbocycles.